The highest BCUT2D eigenvalue weighted by Gasteiger charge is 2.26. The number of amides is 2. The number of halogens is 1. The lowest BCUT2D eigenvalue weighted by atomic mass is 10.1. The van der Waals surface area contributed by atoms with Crippen LogP contribution in [0.4, 0.5) is 4.79 Å². The third-order valence-corrected chi connectivity index (χ3v) is 2.80. The Kier molecular flexibility index (Phi) is 5.61. The molecule has 0 aliphatic heterocycles. The number of carbonyl (C=O) groups excluding carboxylic acids is 2. The maximum Gasteiger partial charge on any atom is 0.408 e. The van der Waals surface area contributed by atoms with Gasteiger partial charge in [0.05, 0.1) is 0 Å². The van der Waals surface area contributed by atoms with Gasteiger partial charge in [-0.25, -0.2) is 4.79 Å². The summed E-state index contributed by atoms with van der Waals surface area (Å²) in [7, 11) is 3.25. The molecule has 5 nitrogen and oxygen atoms in total. The van der Waals surface area contributed by atoms with E-state index in [1.807, 2.05) is 0 Å². The first-order valence-corrected chi connectivity index (χ1v) is 6.94. The van der Waals surface area contributed by atoms with Crippen molar-refractivity contribution in [1.82, 2.24) is 10.2 Å². The summed E-state index contributed by atoms with van der Waals surface area (Å²) >= 11 is 5.84. The van der Waals surface area contributed by atoms with Gasteiger partial charge in [0, 0.05) is 19.1 Å². The van der Waals surface area contributed by atoms with Crippen molar-refractivity contribution in [2.24, 2.45) is 0 Å². The van der Waals surface area contributed by atoms with Crippen LogP contribution < -0.4 is 5.32 Å². The maximum absolute atomic E-state index is 12.3. The number of benzene rings is 1. The number of likely N-dealkylation sites (N-methyl/N-ethyl adjacent to an activating group) is 1. The van der Waals surface area contributed by atoms with Crippen LogP contribution in [0.1, 0.15) is 32.4 Å². The van der Waals surface area contributed by atoms with Gasteiger partial charge in [-0.05, 0) is 38.5 Å². The molecule has 0 aliphatic carbocycles. The van der Waals surface area contributed by atoms with E-state index < -0.39 is 17.7 Å². The monoisotopic (exact) mass is 312 g/mol. The summed E-state index contributed by atoms with van der Waals surface area (Å²) in [5.74, 6) is -0.247. The molecule has 21 heavy (non-hydrogen) atoms. The van der Waals surface area contributed by atoms with Crippen molar-refractivity contribution in [3.8, 4) is 0 Å². The second-order valence-electron chi connectivity index (χ2n) is 5.86. The summed E-state index contributed by atoms with van der Waals surface area (Å²) in [6.45, 7) is 5.28. The fourth-order valence-electron chi connectivity index (χ4n) is 1.63. The molecule has 0 aliphatic rings. The minimum atomic E-state index is -0.813. The molecule has 0 fully saturated rings. The maximum atomic E-state index is 12.3. The molecule has 1 atom stereocenters. The topological polar surface area (TPSA) is 58.6 Å². The Labute approximate surface area is 130 Å². The van der Waals surface area contributed by atoms with Crippen LogP contribution in [-0.2, 0) is 9.53 Å². The van der Waals surface area contributed by atoms with Gasteiger partial charge in [0.1, 0.15) is 11.6 Å². The zero-order chi connectivity index (χ0) is 16.2. The fourth-order valence-corrected chi connectivity index (χ4v) is 1.75. The van der Waals surface area contributed by atoms with E-state index in [9.17, 15) is 9.59 Å². The van der Waals surface area contributed by atoms with Gasteiger partial charge in [-0.3, -0.25) is 4.79 Å². The van der Waals surface area contributed by atoms with E-state index in [1.54, 1.807) is 59.1 Å². The van der Waals surface area contributed by atoms with Gasteiger partial charge in [-0.1, -0.05) is 23.7 Å². The van der Waals surface area contributed by atoms with Gasteiger partial charge in [-0.15, -0.1) is 0 Å². The zero-order valence-corrected chi connectivity index (χ0v) is 13.7. The number of hydrogen-bond acceptors (Lipinski definition) is 3. The molecule has 0 bridgehead atoms. The Hall–Kier alpha value is -1.75. The van der Waals surface area contributed by atoms with Gasteiger partial charge in [-0.2, -0.15) is 0 Å². The first-order valence-electron chi connectivity index (χ1n) is 6.56. The van der Waals surface area contributed by atoms with Crippen LogP contribution in [0.3, 0.4) is 0 Å². The Morgan fingerprint density at radius 3 is 2.14 bits per heavy atom. The molecule has 1 rings (SSSR count). The molecule has 0 spiro atoms. The van der Waals surface area contributed by atoms with Crippen molar-refractivity contribution in [2.75, 3.05) is 14.1 Å². The predicted molar refractivity (Wildman–Crippen MR) is 82.3 cm³/mol. The van der Waals surface area contributed by atoms with E-state index in [0.717, 1.165) is 0 Å². The molecule has 6 heteroatoms. The van der Waals surface area contributed by atoms with E-state index in [0.29, 0.717) is 10.6 Å². The molecule has 0 radical (unpaired) electrons. The van der Waals surface area contributed by atoms with Gasteiger partial charge in [0.15, 0.2) is 0 Å². The van der Waals surface area contributed by atoms with Crippen molar-refractivity contribution < 1.29 is 14.3 Å². The summed E-state index contributed by atoms with van der Waals surface area (Å²) < 4.78 is 5.20. The smallest absolute Gasteiger partial charge is 0.408 e. The number of ether oxygens (including phenoxy) is 1. The van der Waals surface area contributed by atoms with Crippen LogP contribution >= 0.6 is 11.6 Å². The standard InChI is InChI=1S/C15H21ClN2O3/c1-15(2,3)21-14(20)17-12(13(19)18(4)5)10-6-8-11(16)9-7-10/h6-9,12H,1-5H3,(H,17,20). The molecule has 0 aromatic heterocycles. The Morgan fingerprint density at radius 2 is 1.71 bits per heavy atom. The number of carbonyl (C=O) groups is 2. The van der Waals surface area contributed by atoms with Gasteiger partial charge in [0.2, 0.25) is 5.91 Å². The molecule has 1 aromatic rings. The quantitative estimate of drug-likeness (QED) is 0.933. The van der Waals surface area contributed by atoms with Crippen molar-refractivity contribution >= 4 is 23.6 Å². The molecule has 0 heterocycles. The predicted octanol–water partition coefficient (Wildman–Crippen LogP) is 2.99. The molecule has 1 aromatic carbocycles. The fraction of sp³-hybridized carbons (Fsp3) is 0.467. The molecular weight excluding hydrogens is 292 g/mol. The van der Waals surface area contributed by atoms with Crippen LogP contribution in [0.2, 0.25) is 5.02 Å². The number of alkyl carbamates (subject to hydrolysis) is 1. The Morgan fingerprint density at radius 1 is 1.19 bits per heavy atom. The number of nitrogens with zero attached hydrogens (tertiary/aromatic N) is 1. The largest absolute Gasteiger partial charge is 0.444 e. The Bertz CT molecular complexity index is 507. The summed E-state index contributed by atoms with van der Waals surface area (Å²) in [6, 6.07) is 5.93. The minimum Gasteiger partial charge on any atom is -0.444 e. The summed E-state index contributed by atoms with van der Waals surface area (Å²) in [4.78, 5) is 25.6. The molecule has 116 valence electrons. The Balaban J connectivity index is 2.96. The summed E-state index contributed by atoms with van der Waals surface area (Å²) in [5, 5.41) is 3.16. The highest BCUT2D eigenvalue weighted by molar-refractivity contribution is 6.30. The van der Waals surface area contributed by atoms with Gasteiger partial charge < -0.3 is 15.0 Å². The molecule has 1 unspecified atom stereocenters. The summed E-state index contributed by atoms with van der Waals surface area (Å²) in [5.41, 5.74) is 0.0134. The van der Waals surface area contributed by atoms with Gasteiger partial charge >= 0.3 is 6.09 Å². The van der Waals surface area contributed by atoms with E-state index in [1.165, 1.54) is 4.90 Å². The van der Waals surface area contributed by atoms with Crippen LogP contribution in [0.15, 0.2) is 24.3 Å². The lowest BCUT2D eigenvalue weighted by molar-refractivity contribution is -0.131. The van der Waals surface area contributed by atoms with Crippen molar-refractivity contribution in [3.05, 3.63) is 34.9 Å². The number of hydrogen-bond donors (Lipinski definition) is 1. The van der Waals surface area contributed by atoms with E-state index in [2.05, 4.69) is 5.32 Å². The van der Waals surface area contributed by atoms with E-state index in [4.69, 9.17) is 16.3 Å². The molecular formula is C15H21ClN2O3. The molecule has 0 saturated carbocycles. The van der Waals surface area contributed by atoms with Crippen molar-refractivity contribution in [2.45, 2.75) is 32.4 Å². The first kappa shape index (κ1) is 17.3. The van der Waals surface area contributed by atoms with Crippen LogP contribution in [0, 0.1) is 0 Å². The average Bonchev–Trinajstić information content (AvgIpc) is 2.34. The molecule has 1 N–H and O–H groups in total. The highest BCUT2D eigenvalue weighted by atomic mass is 35.5. The third-order valence-electron chi connectivity index (χ3n) is 2.55. The normalized spacial score (nSPS) is 12.5. The zero-order valence-electron chi connectivity index (χ0n) is 12.9. The van der Waals surface area contributed by atoms with Crippen molar-refractivity contribution in [3.63, 3.8) is 0 Å². The number of rotatable bonds is 3. The third kappa shape index (κ3) is 5.63. The second kappa shape index (κ2) is 6.80. The van der Waals surface area contributed by atoms with Crippen LogP contribution in [0.5, 0.6) is 0 Å². The lowest BCUT2D eigenvalue weighted by Crippen LogP contribution is -2.42. The van der Waals surface area contributed by atoms with Crippen LogP contribution in [0.25, 0.3) is 0 Å². The molecule has 0 saturated heterocycles. The minimum absolute atomic E-state index is 0.247. The molecule has 2 amide bonds. The number of nitrogens with one attached hydrogen (secondary N) is 1. The van der Waals surface area contributed by atoms with Gasteiger partial charge in [0.25, 0.3) is 0 Å². The van der Waals surface area contributed by atoms with Crippen LogP contribution in [-0.4, -0.2) is 36.6 Å². The second-order valence-corrected chi connectivity index (χ2v) is 6.30. The lowest BCUT2D eigenvalue weighted by Gasteiger charge is -2.25. The van der Waals surface area contributed by atoms with Crippen molar-refractivity contribution in [1.29, 1.82) is 0 Å². The first-order chi connectivity index (χ1) is 9.60. The average molecular weight is 313 g/mol. The van der Waals surface area contributed by atoms with E-state index in [-0.39, 0.29) is 5.91 Å². The SMILES string of the molecule is CN(C)C(=O)C(NC(=O)OC(C)(C)C)c1ccc(Cl)cc1. The summed E-state index contributed by atoms with van der Waals surface area (Å²) in [6.07, 6.45) is -0.641. The van der Waals surface area contributed by atoms with E-state index >= 15 is 0 Å². The highest BCUT2D eigenvalue weighted by Crippen LogP contribution is 2.19.